The second-order valence-corrected chi connectivity index (χ2v) is 3.44. The van der Waals surface area contributed by atoms with Gasteiger partial charge in [-0.1, -0.05) is 24.3 Å². The molecule has 0 spiro atoms. The standard InChI is InChI=1S/C14H12O3/c1-16-13-7-2-3-8-14(13)17-12-6-4-5-11(9-12)10-15/h2-10H,1H3. The Bertz CT molecular complexity index is 520. The Hall–Kier alpha value is -2.29. The Kier molecular flexibility index (Phi) is 3.40. The number of para-hydroxylation sites is 2. The lowest BCUT2D eigenvalue weighted by Crippen LogP contribution is -1.90. The van der Waals surface area contributed by atoms with Gasteiger partial charge in [-0.15, -0.1) is 0 Å². The maximum absolute atomic E-state index is 10.7. The predicted molar refractivity (Wildman–Crippen MR) is 64.9 cm³/mol. The zero-order valence-corrected chi connectivity index (χ0v) is 9.42. The van der Waals surface area contributed by atoms with E-state index in [2.05, 4.69) is 0 Å². The molecular formula is C14H12O3. The highest BCUT2D eigenvalue weighted by Crippen LogP contribution is 2.30. The summed E-state index contributed by atoms with van der Waals surface area (Å²) in [6, 6.07) is 14.3. The molecule has 0 N–H and O–H groups in total. The van der Waals surface area contributed by atoms with Gasteiger partial charge in [-0.3, -0.25) is 4.79 Å². The van der Waals surface area contributed by atoms with Gasteiger partial charge in [0.25, 0.3) is 0 Å². The van der Waals surface area contributed by atoms with Crippen molar-refractivity contribution in [2.24, 2.45) is 0 Å². The van der Waals surface area contributed by atoms with E-state index in [1.807, 2.05) is 24.3 Å². The van der Waals surface area contributed by atoms with Crippen LogP contribution in [0.1, 0.15) is 10.4 Å². The minimum absolute atomic E-state index is 0.581. The highest BCUT2D eigenvalue weighted by molar-refractivity contribution is 5.75. The molecule has 0 heterocycles. The number of ether oxygens (including phenoxy) is 2. The highest BCUT2D eigenvalue weighted by atomic mass is 16.5. The first kappa shape index (κ1) is 11.2. The molecule has 2 rings (SSSR count). The third-order valence-electron chi connectivity index (χ3n) is 2.29. The lowest BCUT2D eigenvalue weighted by molar-refractivity contribution is 0.112. The van der Waals surface area contributed by atoms with Crippen molar-refractivity contribution in [3.05, 3.63) is 54.1 Å². The Morgan fingerprint density at radius 2 is 1.76 bits per heavy atom. The van der Waals surface area contributed by atoms with Crippen LogP contribution >= 0.6 is 0 Å². The first-order chi connectivity index (χ1) is 8.33. The molecule has 2 aromatic carbocycles. The van der Waals surface area contributed by atoms with Gasteiger partial charge in [-0.05, 0) is 24.3 Å². The molecule has 86 valence electrons. The van der Waals surface area contributed by atoms with E-state index in [1.54, 1.807) is 31.4 Å². The summed E-state index contributed by atoms with van der Waals surface area (Å²) >= 11 is 0. The average Bonchev–Trinajstić information content (AvgIpc) is 2.39. The predicted octanol–water partition coefficient (Wildman–Crippen LogP) is 3.30. The number of benzene rings is 2. The van der Waals surface area contributed by atoms with Gasteiger partial charge in [-0.25, -0.2) is 0 Å². The third-order valence-corrected chi connectivity index (χ3v) is 2.29. The summed E-state index contributed by atoms with van der Waals surface area (Å²) in [6.45, 7) is 0. The molecule has 0 aliphatic carbocycles. The van der Waals surface area contributed by atoms with Crippen LogP contribution in [0.15, 0.2) is 48.5 Å². The van der Waals surface area contributed by atoms with Gasteiger partial charge in [-0.2, -0.15) is 0 Å². The van der Waals surface area contributed by atoms with E-state index in [-0.39, 0.29) is 0 Å². The second kappa shape index (κ2) is 5.16. The van der Waals surface area contributed by atoms with Crippen molar-refractivity contribution >= 4 is 6.29 Å². The van der Waals surface area contributed by atoms with E-state index >= 15 is 0 Å². The Morgan fingerprint density at radius 3 is 2.47 bits per heavy atom. The fraction of sp³-hybridized carbons (Fsp3) is 0.0714. The van der Waals surface area contributed by atoms with Crippen LogP contribution in [0.2, 0.25) is 0 Å². The molecule has 0 fully saturated rings. The minimum Gasteiger partial charge on any atom is -0.493 e. The van der Waals surface area contributed by atoms with Crippen molar-refractivity contribution in [1.82, 2.24) is 0 Å². The Balaban J connectivity index is 2.27. The summed E-state index contributed by atoms with van der Waals surface area (Å²) in [4.78, 5) is 10.7. The molecule has 0 bridgehead atoms. The van der Waals surface area contributed by atoms with Gasteiger partial charge in [0.1, 0.15) is 12.0 Å². The third kappa shape index (κ3) is 2.64. The van der Waals surface area contributed by atoms with Crippen molar-refractivity contribution in [2.45, 2.75) is 0 Å². The van der Waals surface area contributed by atoms with E-state index < -0.39 is 0 Å². The molecule has 0 radical (unpaired) electrons. The van der Waals surface area contributed by atoms with E-state index in [0.717, 1.165) is 6.29 Å². The zero-order chi connectivity index (χ0) is 12.1. The van der Waals surface area contributed by atoms with Crippen molar-refractivity contribution in [2.75, 3.05) is 7.11 Å². The van der Waals surface area contributed by atoms with Gasteiger partial charge in [0.05, 0.1) is 7.11 Å². The molecule has 3 nitrogen and oxygen atoms in total. The smallest absolute Gasteiger partial charge is 0.169 e. The zero-order valence-electron chi connectivity index (χ0n) is 9.42. The highest BCUT2D eigenvalue weighted by Gasteiger charge is 2.04. The average molecular weight is 228 g/mol. The first-order valence-corrected chi connectivity index (χ1v) is 5.19. The molecule has 0 saturated heterocycles. The largest absolute Gasteiger partial charge is 0.493 e. The van der Waals surface area contributed by atoms with E-state index in [0.29, 0.717) is 22.8 Å². The molecule has 0 aliphatic rings. The monoisotopic (exact) mass is 228 g/mol. The molecule has 0 amide bonds. The maximum Gasteiger partial charge on any atom is 0.169 e. The molecule has 2 aromatic rings. The molecule has 3 heteroatoms. The number of methoxy groups -OCH3 is 1. The van der Waals surface area contributed by atoms with Crippen LogP contribution in [0.3, 0.4) is 0 Å². The summed E-state index contributed by atoms with van der Waals surface area (Å²) in [6.07, 6.45) is 0.787. The molecule has 17 heavy (non-hydrogen) atoms. The summed E-state index contributed by atoms with van der Waals surface area (Å²) in [5.74, 6) is 1.89. The molecule has 0 aliphatic heterocycles. The van der Waals surface area contributed by atoms with Crippen LogP contribution in [-0.2, 0) is 0 Å². The van der Waals surface area contributed by atoms with E-state index in [9.17, 15) is 4.79 Å². The van der Waals surface area contributed by atoms with Crippen molar-refractivity contribution < 1.29 is 14.3 Å². The number of hydrogen-bond donors (Lipinski definition) is 0. The number of aldehydes is 1. The topological polar surface area (TPSA) is 35.5 Å². The molecule has 0 atom stereocenters. The van der Waals surface area contributed by atoms with Gasteiger partial charge >= 0.3 is 0 Å². The number of carbonyl (C=O) groups excluding carboxylic acids is 1. The first-order valence-electron chi connectivity index (χ1n) is 5.19. The summed E-state index contributed by atoms with van der Waals surface area (Å²) < 4.78 is 10.8. The fourth-order valence-corrected chi connectivity index (χ4v) is 1.48. The normalized spacial score (nSPS) is 9.71. The van der Waals surface area contributed by atoms with Crippen LogP contribution in [0, 0.1) is 0 Å². The van der Waals surface area contributed by atoms with Crippen molar-refractivity contribution in [3.63, 3.8) is 0 Å². The van der Waals surface area contributed by atoms with Gasteiger partial charge < -0.3 is 9.47 Å². The molecule has 0 saturated carbocycles. The quantitative estimate of drug-likeness (QED) is 0.753. The Labute approximate surface area is 99.6 Å². The van der Waals surface area contributed by atoms with Crippen LogP contribution < -0.4 is 9.47 Å². The van der Waals surface area contributed by atoms with Crippen LogP contribution in [0.25, 0.3) is 0 Å². The summed E-state index contributed by atoms with van der Waals surface area (Å²) in [5.41, 5.74) is 0.581. The van der Waals surface area contributed by atoms with Crippen LogP contribution in [-0.4, -0.2) is 13.4 Å². The minimum atomic E-state index is 0.581. The van der Waals surface area contributed by atoms with Crippen molar-refractivity contribution in [3.8, 4) is 17.2 Å². The van der Waals surface area contributed by atoms with Crippen LogP contribution in [0.5, 0.6) is 17.2 Å². The maximum atomic E-state index is 10.7. The number of rotatable bonds is 4. The second-order valence-electron chi connectivity index (χ2n) is 3.44. The van der Waals surface area contributed by atoms with Crippen LogP contribution in [0.4, 0.5) is 0 Å². The fourth-order valence-electron chi connectivity index (χ4n) is 1.48. The van der Waals surface area contributed by atoms with Crippen molar-refractivity contribution in [1.29, 1.82) is 0 Å². The van der Waals surface area contributed by atoms with Gasteiger partial charge in [0.2, 0.25) is 0 Å². The van der Waals surface area contributed by atoms with E-state index in [4.69, 9.17) is 9.47 Å². The molecule has 0 unspecified atom stereocenters. The van der Waals surface area contributed by atoms with E-state index in [1.165, 1.54) is 0 Å². The van der Waals surface area contributed by atoms with Gasteiger partial charge in [0, 0.05) is 5.56 Å². The molecular weight excluding hydrogens is 216 g/mol. The summed E-state index contributed by atoms with van der Waals surface area (Å²) in [7, 11) is 1.59. The summed E-state index contributed by atoms with van der Waals surface area (Å²) in [5, 5.41) is 0. The lowest BCUT2D eigenvalue weighted by Gasteiger charge is -2.09. The lowest BCUT2D eigenvalue weighted by atomic mass is 10.2. The molecule has 0 aromatic heterocycles. The SMILES string of the molecule is COc1ccccc1Oc1cccc(C=O)c1. The number of carbonyl (C=O) groups is 1. The number of hydrogen-bond acceptors (Lipinski definition) is 3. The Morgan fingerprint density at radius 1 is 1.00 bits per heavy atom. The van der Waals surface area contributed by atoms with Gasteiger partial charge in [0.15, 0.2) is 11.5 Å².